The second-order valence-corrected chi connectivity index (χ2v) is 4.43. The summed E-state index contributed by atoms with van der Waals surface area (Å²) in [5.74, 6) is 0. The zero-order valence-electron chi connectivity index (χ0n) is 9.74. The number of aliphatic hydroxyl groups excluding tert-OH is 1. The molecule has 1 saturated heterocycles. The highest BCUT2D eigenvalue weighted by Gasteiger charge is 2.29. The SMILES string of the molecule is CN1CCN(C)C(C(O)c2cncnc2)C1. The Bertz CT molecular complexity index is 332. The molecule has 0 aliphatic carbocycles. The maximum atomic E-state index is 10.3. The molecule has 1 aromatic rings. The summed E-state index contributed by atoms with van der Waals surface area (Å²) >= 11 is 0. The standard InChI is InChI=1S/C11H18N4O/c1-14-3-4-15(2)10(7-14)11(16)9-5-12-8-13-6-9/h5-6,8,10-11,16H,3-4,7H2,1-2H3. The molecule has 2 atom stereocenters. The van der Waals surface area contributed by atoms with Gasteiger partial charge in [0.25, 0.3) is 0 Å². The monoisotopic (exact) mass is 222 g/mol. The van der Waals surface area contributed by atoms with Crippen LogP contribution >= 0.6 is 0 Å². The van der Waals surface area contributed by atoms with Crippen LogP contribution in [0.25, 0.3) is 0 Å². The Labute approximate surface area is 95.7 Å². The maximum Gasteiger partial charge on any atom is 0.115 e. The molecule has 0 saturated carbocycles. The van der Waals surface area contributed by atoms with E-state index in [4.69, 9.17) is 0 Å². The summed E-state index contributed by atoms with van der Waals surface area (Å²) in [6.45, 7) is 2.89. The van der Waals surface area contributed by atoms with Crippen molar-refractivity contribution < 1.29 is 5.11 Å². The van der Waals surface area contributed by atoms with Gasteiger partial charge in [-0.3, -0.25) is 4.90 Å². The smallest absolute Gasteiger partial charge is 0.115 e. The van der Waals surface area contributed by atoms with Crippen molar-refractivity contribution in [3.63, 3.8) is 0 Å². The molecule has 0 aromatic carbocycles. The van der Waals surface area contributed by atoms with Crippen LogP contribution in [0.1, 0.15) is 11.7 Å². The molecule has 5 heteroatoms. The zero-order chi connectivity index (χ0) is 11.5. The van der Waals surface area contributed by atoms with Gasteiger partial charge in [-0.25, -0.2) is 9.97 Å². The van der Waals surface area contributed by atoms with Gasteiger partial charge >= 0.3 is 0 Å². The number of aromatic nitrogens is 2. The molecule has 0 bridgehead atoms. The minimum atomic E-state index is -0.519. The van der Waals surface area contributed by atoms with Gasteiger partial charge in [-0.2, -0.15) is 0 Å². The number of aliphatic hydroxyl groups is 1. The number of nitrogens with zero attached hydrogens (tertiary/aromatic N) is 4. The van der Waals surface area contributed by atoms with Gasteiger partial charge in [0.2, 0.25) is 0 Å². The molecule has 16 heavy (non-hydrogen) atoms. The van der Waals surface area contributed by atoms with Gasteiger partial charge in [-0.1, -0.05) is 0 Å². The van der Waals surface area contributed by atoms with E-state index < -0.39 is 6.10 Å². The molecule has 2 rings (SSSR count). The third kappa shape index (κ3) is 2.37. The van der Waals surface area contributed by atoms with Crippen molar-refractivity contribution >= 4 is 0 Å². The Balaban J connectivity index is 2.11. The Morgan fingerprint density at radius 3 is 2.69 bits per heavy atom. The first-order chi connectivity index (χ1) is 7.68. The summed E-state index contributed by atoms with van der Waals surface area (Å²) in [7, 11) is 4.12. The summed E-state index contributed by atoms with van der Waals surface area (Å²) in [5, 5.41) is 10.3. The fourth-order valence-electron chi connectivity index (χ4n) is 2.07. The first-order valence-electron chi connectivity index (χ1n) is 5.50. The van der Waals surface area contributed by atoms with Gasteiger partial charge < -0.3 is 10.0 Å². The third-order valence-electron chi connectivity index (χ3n) is 3.19. The van der Waals surface area contributed by atoms with Gasteiger partial charge in [0, 0.05) is 37.6 Å². The quantitative estimate of drug-likeness (QED) is 0.748. The number of likely N-dealkylation sites (N-methyl/N-ethyl adjacent to an activating group) is 2. The van der Waals surface area contributed by atoms with E-state index in [-0.39, 0.29) is 6.04 Å². The molecular weight excluding hydrogens is 204 g/mol. The van der Waals surface area contributed by atoms with E-state index in [0.29, 0.717) is 0 Å². The molecule has 0 radical (unpaired) electrons. The molecule has 0 spiro atoms. The molecule has 0 amide bonds. The number of piperazine rings is 1. The minimum Gasteiger partial charge on any atom is -0.387 e. The Morgan fingerprint density at radius 1 is 1.31 bits per heavy atom. The number of rotatable bonds is 2. The predicted molar refractivity (Wildman–Crippen MR) is 60.9 cm³/mol. The van der Waals surface area contributed by atoms with Crippen molar-refractivity contribution in [3.05, 3.63) is 24.3 Å². The number of hydrogen-bond donors (Lipinski definition) is 1. The van der Waals surface area contributed by atoms with Gasteiger partial charge in [0.05, 0.1) is 12.1 Å². The summed E-state index contributed by atoms with van der Waals surface area (Å²) in [6, 6.07) is 0.116. The molecule has 1 aromatic heterocycles. The van der Waals surface area contributed by atoms with E-state index in [2.05, 4.69) is 26.8 Å². The van der Waals surface area contributed by atoms with Crippen molar-refractivity contribution in [1.29, 1.82) is 0 Å². The van der Waals surface area contributed by atoms with E-state index in [1.54, 1.807) is 12.4 Å². The fraction of sp³-hybridized carbons (Fsp3) is 0.636. The van der Waals surface area contributed by atoms with Crippen LogP contribution in [0.5, 0.6) is 0 Å². The highest BCUT2D eigenvalue weighted by Crippen LogP contribution is 2.21. The van der Waals surface area contributed by atoms with Crippen molar-refractivity contribution in [1.82, 2.24) is 19.8 Å². The van der Waals surface area contributed by atoms with Gasteiger partial charge in [0.1, 0.15) is 6.33 Å². The predicted octanol–water partition coefficient (Wildman–Crippen LogP) is -0.244. The molecule has 1 fully saturated rings. The lowest BCUT2D eigenvalue weighted by Crippen LogP contribution is -2.52. The van der Waals surface area contributed by atoms with Crippen molar-refractivity contribution in [3.8, 4) is 0 Å². The van der Waals surface area contributed by atoms with Crippen molar-refractivity contribution in [2.24, 2.45) is 0 Å². The van der Waals surface area contributed by atoms with E-state index >= 15 is 0 Å². The average Bonchev–Trinajstić information content (AvgIpc) is 2.32. The zero-order valence-corrected chi connectivity index (χ0v) is 9.74. The molecule has 1 N–H and O–H groups in total. The molecule has 1 aliphatic rings. The van der Waals surface area contributed by atoms with E-state index in [1.807, 2.05) is 7.05 Å². The summed E-state index contributed by atoms with van der Waals surface area (Å²) < 4.78 is 0. The van der Waals surface area contributed by atoms with Crippen LogP contribution in [-0.4, -0.2) is 64.6 Å². The van der Waals surface area contributed by atoms with E-state index in [0.717, 1.165) is 25.2 Å². The third-order valence-corrected chi connectivity index (χ3v) is 3.19. The van der Waals surface area contributed by atoms with Crippen LogP contribution in [0.2, 0.25) is 0 Å². The molecule has 2 heterocycles. The minimum absolute atomic E-state index is 0.116. The first-order valence-corrected chi connectivity index (χ1v) is 5.50. The van der Waals surface area contributed by atoms with Gasteiger partial charge in [-0.05, 0) is 14.1 Å². The average molecular weight is 222 g/mol. The van der Waals surface area contributed by atoms with E-state index in [9.17, 15) is 5.11 Å². The summed E-state index contributed by atoms with van der Waals surface area (Å²) in [6.07, 6.45) is 4.32. The van der Waals surface area contributed by atoms with Crippen LogP contribution in [0.15, 0.2) is 18.7 Å². The lowest BCUT2D eigenvalue weighted by molar-refractivity contribution is 0.0135. The second kappa shape index (κ2) is 4.86. The highest BCUT2D eigenvalue weighted by molar-refractivity contribution is 5.10. The van der Waals surface area contributed by atoms with Crippen LogP contribution in [0.3, 0.4) is 0 Å². The molecule has 5 nitrogen and oxygen atoms in total. The van der Waals surface area contributed by atoms with Crippen LogP contribution in [0, 0.1) is 0 Å². The lowest BCUT2D eigenvalue weighted by Gasteiger charge is -2.40. The molecule has 1 aliphatic heterocycles. The Hall–Kier alpha value is -1.04. The Kier molecular flexibility index (Phi) is 3.48. The van der Waals surface area contributed by atoms with Crippen LogP contribution in [0.4, 0.5) is 0 Å². The van der Waals surface area contributed by atoms with Crippen LogP contribution in [-0.2, 0) is 0 Å². The highest BCUT2D eigenvalue weighted by atomic mass is 16.3. The second-order valence-electron chi connectivity index (χ2n) is 4.43. The molecular formula is C11H18N4O. The number of hydrogen-bond acceptors (Lipinski definition) is 5. The first kappa shape index (κ1) is 11.4. The fourth-order valence-corrected chi connectivity index (χ4v) is 2.07. The van der Waals surface area contributed by atoms with Gasteiger partial charge in [-0.15, -0.1) is 0 Å². The summed E-state index contributed by atoms with van der Waals surface area (Å²) in [5.41, 5.74) is 0.787. The largest absolute Gasteiger partial charge is 0.387 e. The Morgan fingerprint density at radius 2 is 2.00 bits per heavy atom. The summed E-state index contributed by atoms with van der Waals surface area (Å²) in [4.78, 5) is 12.3. The molecule has 88 valence electrons. The topological polar surface area (TPSA) is 52.5 Å². The maximum absolute atomic E-state index is 10.3. The van der Waals surface area contributed by atoms with E-state index in [1.165, 1.54) is 6.33 Å². The normalized spacial score (nSPS) is 25.6. The molecule has 2 unspecified atom stereocenters. The van der Waals surface area contributed by atoms with Crippen molar-refractivity contribution in [2.75, 3.05) is 33.7 Å². The van der Waals surface area contributed by atoms with Crippen LogP contribution < -0.4 is 0 Å². The van der Waals surface area contributed by atoms with Gasteiger partial charge in [0.15, 0.2) is 0 Å². The lowest BCUT2D eigenvalue weighted by atomic mass is 10.0. The van der Waals surface area contributed by atoms with Crippen molar-refractivity contribution in [2.45, 2.75) is 12.1 Å².